The molecule has 1 atom stereocenters. The molecule has 0 saturated heterocycles. The molecule has 0 saturated carbocycles. The lowest BCUT2D eigenvalue weighted by molar-refractivity contribution is -0.140. The van der Waals surface area contributed by atoms with Crippen molar-refractivity contribution in [1.82, 2.24) is 10.6 Å². The number of ether oxygens (including phenoxy) is 3. The van der Waals surface area contributed by atoms with Crippen LogP contribution in [0.25, 0.3) is 6.08 Å². The van der Waals surface area contributed by atoms with E-state index in [0.29, 0.717) is 5.56 Å². The van der Waals surface area contributed by atoms with Gasteiger partial charge in [0.05, 0.1) is 21.3 Å². The average Bonchev–Trinajstić information content (AvgIpc) is 2.78. The van der Waals surface area contributed by atoms with Crippen LogP contribution in [-0.4, -0.2) is 50.3 Å². The first-order valence-electron chi connectivity index (χ1n) is 9.32. The van der Waals surface area contributed by atoms with Gasteiger partial charge in [0.2, 0.25) is 5.75 Å². The summed E-state index contributed by atoms with van der Waals surface area (Å²) in [7, 11) is 4.19. The molecule has 2 amide bonds. The summed E-state index contributed by atoms with van der Waals surface area (Å²) in [6.07, 6.45) is 1.29. The monoisotopic (exact) mass is 446 g/mol. The number of benzene rings is 2. The highest BCUT2D eigenvalue weighted by Gasteiger charge is 2.22. The first-order chi connectivity index (χ1) is 15.2. The fraction of sp³-hybridized carbons (Fsp3) is 0.227. The number of rotatable bonds is 9. The fourth-order valence-electron chi connectivity index (χ4n) is 2.63. The van der Waals surface area contributed by atoms with Gasteiger partial charge in [-0.25, -0.2) is 4.39 Å². The van der Waals surface area contributed by atoms with Gasteiger partial charge in [-0.05, 0) is 42.8 Å². The number of hydrogen-bond donors (Lipinski definition) is 3. The van der Waals surface area contributed by atoms with Crippen LogP contribution in [0.5, 0.6) is 17.2 Å². The number of nitrogens with one attached hydrogen (secondary N) is 2. The van der Waals surface area contributed by atoms with Crippen molar-refractivity contribution in [3.05, 3.63) is 59.0 Å². The molecule has 0 spiro atoms. The van der Waals surface area contributed by atoms with Crippen molar-refractivity contribution < 1.29 is 38.1 Å². The molecule has 0 bridgehead atoms. The van der Waals surface area contributed by atoms with Crippen LogP contribution in [0.2, 0.25) is 0 Å². The number of carbonyl (C=O) groups is 3. The van der Waals surface area contributed by atoms with Crippen molar-refractivity contribution in [2.24, 2.45) is 0 Å². The van der Waals surface area contributed by atoms with E-state index in [-0.39, 0.29) is 28.5 Å². The Morgan fingerprint density at radius 2 is 1.56 bits per heavy atom. The molecule has 0 radical (unpaired) electrons. The van der Waals surface area contributed by atoms with Crippen LogP contribution >= 0.6 is 0 Å². The lowest BCUT2D eigenvalue weighted by atomic mass is 10.1. The highest BCUT2D eigenvalue weighted by atomic mass is 19.1. The molecule has 2 aromatic rings. The first-order valence-corrected chi connectivity index (χ1v) is 9.32. The molecule has 0 aliphatic heterocycles. The lowest BCUT2D eigenvalue weighted by Crippen LogP contribution is -2.42. The summed E-state index contributed by atoms with van der Waals surface area (Å²) in [6, 6.07) is 6.74. The summed E-state index contributed by atoms with van der Waals surface area (Å²) in [6.45, 7) is 1.27. The highest BCUT2D eigenvalue weighted by molar-refractivity contribution is 6.06. The van der Waals surface area contributed by atoms with Crippen LogP contribution < -0.4 is 24.8 Å². The summed E-state index contributed by atoms with van der Waals surface area (Å²) in [4.78, 5) is 36.6. The maximum absolute atomic E-state index is 13.2. The first kappa shape index (κ1) is 24.2. The Morgan fingerprint density at radius 3 is 2.03 bits per heavy atom. The molecule has 0 heterocycles. The molecule has 170 valence electrons. The third kappa shape index (κ3) is 5.97. The van der Waals surface area contributed by atoms with Crippen LogP contribution in [0.3, 0.4) is 0 Å². The number of carbonyl (C=O) groups excluding carboxylic acids is 2. The molecule has 1 unspecified atom stereocenters. The predicted octanol–water partition coefficient (Wildman–Crippen LogP) is 2.21. The minimum absolute atomic E-state index is 0.0867. The highest BCUT2D eigenvalue weighted by Crippen LogP contribution is 2.38. The molecule has 0 aliphatic rings. The minimum Gasteiger partial charge on any atom is -0.493 e. The maximum atomic E-state index is 13.2. The van der Waals surface area contributed by atoms with Crippen molar-refractivity contribution in [3.8, 4) is 17.2 Å². The molecule has 10 heteroatoms. The Bertz CT molecular complexity index is 1010. The fourth-order valence-corrected chi connectivity index (χ4v) is 2.63. The Labute approximate surface area is 183 Å². The summed E-state index contributed by atoms with van der Waals surface area (Å²) in [5.74, 6) is -2.54. The number of methoxy groups -OCH3 is 3. The predicted molar refractivity (Wildman–Crippen MR) is 113 cm³/mol. The van der Waals surface area contributed by atoms with Crippen molar-refractivity contribution in [2.45, 2.75) is 13.0 Å². The van der Waals surface area contributed by atoms with Crippen molar-refractivity contribution in [3.63, 3.8) is 0 Å². The van der Waals surface area contributed by atoms with Gasteiger partial charge in [0.25, 0.3) is 11.8 Å². The minimum atomic E-state index is -1.25. The molecule has 2 rings (SSSR count). The average molecular weight is 446 g/mol. The van der Waals surface area contributed by atoms with Gasteiger partial charge < -0.3 is 30.0 Å². The van der Waals surface area contributed by atoms with Crippen molar-refractivity contribution in [2.75, 3.05) is 21.3 Å². The van der Waals surface area contributed by atoms with Crippen LogP contribution in [0, 0.1) is 5.82 Å². The van der Waals surface area contributed by atoms with Gasteiger partial charge in [-0.2, -0.15) is 0 Å². The van der Waals surface area contributed by atoms with Crippen molar-refractivity contribution in [1.29, 1.82) is 0 Å². The second-order valence-electron chi connectivity index (χ2n) is 6.51. The van der Waals surface area contributed by atoms with Crippen LogP contribution in [0.15, 0.2) is 42.1 Å². The lowest BCUT2D eigenvalue weighted by Gasteiger charge is -2.16. The Kier molecular flexibility index (Phi) is 8.17. The SMILES string of the molecule is COc1cc(C(=O)NC(=Cc2ccc(F)cc2)C(=O)NC(C)C(=O)O)cc(OC)c1OC. The van der Waals surface area contributed by atoms with E-state index in [1.807, 2.05) is 0 Å². The molecule has 0 aromatic heterocycles. The topological polar surface area (TPSA) is 123 Å². The number of amides is 2. The third-order valence-electron chi connectivity index (χ3n) is 4.32. The third-order valence-corrected chi connectivity index (χ3v) is 4.32. The summed E-state index contributed by atoms with van der Waals surface area (Å²) in [5.41, 5.74) is 0.247. The number of carboxylic acid groups (broad SMARTS) is 1. The molecule has 3 N–H and O–H groups in total. The molecule has 0 aliphatic carbocycles. The molecule has 2 aromatic carbocycles. The van der Waals surface area contributed by atoms with Crippen LogP contribution in [-0.2, 0) is 9.59 Å². The van der Waals surface area contributed by atoms with E-state index in [9.17, 15) is 18.8 Å². The van der Waals surface area contributed by atoms with Crippen molar-refractivity contribution >= 4 is 23.9 Å². The number of carboxylic acids is 1. The van der Waals surface area contributed by atoms with Crippen LogP contribution in [0.1, 0.15) is 22.8 Å². The summed E-state index contributed by atoms with van der Waals surface area (Å²) >= 11 is 0. The molecular weight excluding hydrogens is 423 g/mol. The zero-order valence-electron chi connectivity index (χ0n) is 17.9. The molecule has 0 fully saturated rings. The molecular formula is C22H23FN2O7. The maximum Gasteiger partial charge on any atom is 0.325 e. The van der Waals surface area contributed by atoms with E-state index in [0.717, 1.165) is 0 Å². The van der Waals surface area contributed by atoms with Gasteiger partial charge in [-0.1, -0.05) is 12.1 Å². The van der Waals surface area contributed by atoms with E-state index in [1.54, 1.807) is 0 Å². The Morgan fingerprint density at radius 1 is 1.00 bits per heavy atom. The zero-order valence-corrected chi connectivity index (χ0v) is 17.9. The van der Waals surface area contributed by atoms with Gasteiger partial charge in [-0.3, -0.25) is 14.4 Å². The summed E-state index contributed by atoms with van der Waals surface area (Å²) < 4.78 is 28.9. The normalized spacial score (nSPS) is 11.8. The number of hydrogen-bond acceptors (Lipinski definition) is 6. The van der Waals surface area contributed by atoms with Gasteiger partial charge in [0, 0.05) is 5.56 Å². The number of aliphatic carboxylic acids is 1. The Hall–Kier alpha value is -4.08. The van der Waals surface area contributed by atoms with Gasteiger partial charge in [0.1, 0.15) is 17.6 Å². The second-order valence-corrected chi connectivity index (χ2v) is 6.51. The van der Waals surface area contributed by atoms with Gasteiger partial charge >= 0.3 is 5.97 Å². The standard InChI is InChI=1S/C22H23FN2O7/c1-12(22(28)29)24-21(27)16(9-13-5-7-15(23)8-6-13)25-20(26)14-10-17(30-2)19(32-4)18(11-14)31-3/h5-12H,1-4H3,(H,24,27)(H,25,26)(H,28,29). The van der Waals surface area contributed by atoms with E-state index in [1.165, 1.54) is 70.7 Å². The molecule has 9 nitrogen and oxygen atoms in total. The Balaban J connectivity index is 2.42. The smallest absolute Gasteiger partial charge is 0.325 e. The zero-order chi connectivity index (χ0) is 23.8. The van der Waals surface area contributed by atoms with E-state index in [2.05, 4.69) is 10.6 Å². The van der Waals surface area contributed by atoms with E-state index in [4.69, 9.17) is 19.3 Å². The van der Waals surface area contributed by atoms with E-state index < -0.39 is 29.6 Å². The molecule has 32 heavy (non-hydrogen) atoms. The second kappa shape index (κ2) is 10.8. The largest absolute Gasteiger partial charge is 0.493 e. The van der Waals surface area contributed by atoms with E-state index >= 15 is 0 Å². The number of halogens is 1. The van der Waals surface area contributed by atoms with Crippen LogP contribution in [0.4, 0.5) is 4.39 Å². The quantitative estimate of drug-likeness (QED) is 0.505. The van der Waals surface area contributed by atoms with Gasteiger partial charge in [-0.15, -0.1) is 0 Å². The van der Waals surface area contributed by atoms with Gasteiger partial charge in [0.15, 0.2) is 11.5 Å². The summed E-state index contributed by atoms with van der Waals surface area (Å²) in [5, 5.41) is 13.8.